The van der Waals surface area contributed by atoms with Gasteiger partial charge in [0.15, 0.2) is 0 Å². The molecule has 2 rings (SSSR count). The molecule has 0 bridgehead atoms. The molecule has 0 aromatic rings. The van der Waals surface area contributed by atoms with Crippen molar-refractivity contribution in [3.63, 3.8) is 0 Å². The van der Waals surface area contributed by atoms with Gasteiger partial charge in [0.2, 0.25) is 0 Å². The molecule has 3 heteroatoms. The maximum atomic E-state index is 11.2. The van der Waals surface area contributed by atoms with E-state index >= 15 is 0 Å². The summed E-state index contributed by atoms with van der Waals surface area (Å²) in [7, 11) is 1.45. The lowest BCUT2D eigenvalue weighted by Gasteiger charge is -2.20. The first-order valence-corrected chi connectivity index (χ1v) is 4.45. The van der Waals surface area contributed by atoms with Crippen LogP contribution in [0.1, 0.15) is 19.8 Å². The fourth-order valence-corrected chi connectivity index (χ4v) is 2.17. The molecule has 0 aromatic carbocycles. The van der Waals surface area contributed by atoms with E-state index in [2.05, 4.69) is 6.92 Å². The van der Waals surface area contributed by atoms with Gasteiger partial charge in [-0.05, 0) is 18.8 Å². The number of hydrogen-bond acceptors (Lipinski definition) is 3. The van der Waals surface area contributed by atoms with E-state index in [-0.39, 0.29) is 11.9 Å². The third kappa shape index (κ3) is 1.22. The molecule has 1 aliphatic heterocycles. The zero-order valence-electron chi connectivity index (χ0n) is 7.45. The maximum absolute atomic E-state index is 11.2. The van der Waals surface area contributed by atoms with Crippen LogP contribution in [-0.4, -0.2) is 25.3 Å². The summed E-state index contributed by atoms with van der Waals surface area (Å²) in [6.07, 6.45) is 2.57. The molecule has 4 atom stereocenters. The Morgan fingerprint density at radius 3 is 2.83 bits per heavy atom. The lowest BCUT2D eigenvalue weighted by atomic mass is 9.82. The normalized spacial score (nSPS) is 44.8. The summed E-state index contributed by atoms with van der Waals surface area (Å²) in [4.78, 5) is 11.2. The SMILES string of the molecule is COC(=O)C1CC(C)C2OC2C1. The highest BCUT2D eigenvalue weighted by Gasteiger charge is 2.50. The van der Waals surface area contributed by atoms with Crippen LogP contribution in [0.4, 0.5) is 0 Å². The molecule has 0 spiro atoms. The van der Waals surface area contributed by atoms with Crippen LogP contribution in [-0.2, 0) is 14.3 Å². The van der Waals surface area contributed by atoms with Crippen molar-refractivity contribution in [1.82, 2.24) is 0 Å². The van der Waals surface area contributed by atoms with Crippen LogP contribution in [0.3, 0.4) is 0 Å². The van der Waals surface area contributed by atoms with E-state index in [4.69, 9.17) is 9.47 Å². The zero-order chi connectivity index (χ0) is 8.72. The van der Waals surface area contributed by atoms with Crippen LogP contribution in [0.2, 0.25) is 0 Å². The van der Waals surface area contributed by atoms with E-state index in [9.17, 15) is 4.79 Å². The fraction of sp³-hybridized carbons (Fsp3) is 0.889. The Morgan fingerprint density at radius 2 is 2.25 bits per heavy atom. The minimum atomic E-state index is -0.0733. The minimum absolute atomic E-state index is 0.0733. The van der Waals surface area contributed by atoms with E-state index in [0.717, 1.165) is 12.8 Å². The van der Waals surface area contributed by atoms with Crippen molar-refractivity contribution in [2.45, 2.75) is 32.0 Å². The van der Waals surface area contributed by atoms with Crippen molar-refractivity contribution >= 4 is 5.97 Å². The quantitative estimate of drug-likeness (QED) is 0.435. The van der Waals surface area contributed by atoms with Crippen molar-refractivity contribution in [3.05, 3.63) is 0 Å². The average Bonchev–Trinajstić information content (AvgIpc) is 2.82. The summed E-state index contributed by atoms with van der Waals surface area (Å²) in [6.45, 7) is 2.14. The topological polar surface area (TPSA) is 38.8 Å². The van der Waals surface area contributed by atoms with Gasteiger partial charge < -0.3 is 9.47 Å². The summed E-state index contributed by atoms with van der Waals surface area (Å²) in [6, 6.07) is 0. The number of esters is 1. The van der Waals surface area contributed by atoms with E-state index in [1.165, 1.54) is 7.11 Å². The second-order valence-corrected chi connectivity index (χ2v) is 3.81. The van der Waals surface area contributed by atoms with Gasteiger partial charge in [-0.3, -0.25) is 4.79 Å². The molecule has 1 heterocycles. The first-order chi connectivity index (χ1) is 5.72. The molecule has 68 valence electrons. The maximum Gasteiger partial charge on any atom is 0.308 e. The molecular formula is C9H14O3. The second kappa shape index (κ2) is 2.73. The van der Waals surface area contributed by atoms with Crippen LogP contribution in [0.15, 0.2) is 0 Å². The van der Waals surface area contributed by atoms with Crippen molar-refractivity contribution < 1.29 is 14.3 Å². The molecule has 1 aliphatic carbocycles. The first kappa shape index (κ1) is 8.05. The summed E-state index contributed by atoms with van der Waals surface area (Å²) >= 11 is 0. The van der Waals surface area contributed by atoms with Gasteiger partial charge in [-0.1, -0.05) is 6.92 Å². The number of methoxy groups -OCH3 is 1. The highest BCUT2D eigenvalue weighted by molar-refractivity contribution is 5.72. The lowest BCUT2D eigenvalue weighted by molar-refractivity contribution is -0.146. The molecule has 0 radical (unpaired) electrons. The van der Waals surface area contributed by atoms with Crippen LogP contribution >= 0.6 is 0 Å². The molecular weight excluding hydrogens is 156 g/mol. The number of carbonyl (C=O) groups is 1. The Morgan fingerprint density at radius 1 is 1.50 bits per heavy atom. The van der Waals surface area contributed by atoms with Crippen molar-refractivity contribution in [1.29, 1.82) is 0 Å². The van der Waals surface area contributed by atoms with E-state index < -0.39 is 0 Å². The largest absolute Gasteiger partial charge is 0.469 e. The number of hydrogen-bond donors (Lipinski definition) is 0. The van der Waals surface area contributed by atoms with Crippen molar-refractivity contribution in [2.24, 2.45) is 11.8 Å². The van der Waals surface area contributed by atoms with Crippen LogP contribution < -0.4 is 0 Å². The zero-order valence-corrected chi connectivity index (χ0v) is 7.45. The molecule has 1 saturated carbocycles. The van der Waals surface area contributed by atoms with E-state index in [0.29, 0.717) is 18.1 Å². The molecule has 0 aromatic heterocycles. The Hall–Kier alpha value is -0.570. The van der Waals surface area contributed by atoms with Gasteiger partial charge in [0, 0.05) is 0 Å². The standard InChI is InChI=1S/C9H14O3/c1-5-3-6(9(10)11-2)4-7-8(5)12-7/h5-8H,3-4H2,1-2H3. The molecule has 0 amide bonds. The lowest BCUT2D eigenvalue weighted by Crippen LogP contribution is -2.27. The average molecular weight is 170 g/mol. The number of carbonyl (C=O) groups excluding carboxylic acids is 1. The summed E-state index contributed by atoms with van der Waals surface area (Å²) in [5, 5.41) is 0. The van der Waals surface area contributed by atoms with Gasteiger partial charge in [0.25, 0.3) is 0 Å². The molecule has 2 aliphatic rings. The minimum Gasteiger partial charge on any atom is -0.469 e. The predicted octanol–water partition coefficient (Wildman–Crippen LogP) is 0.973. The Bertz CT molecular complexity index is 202. The molecule has 12 heavy (non-hydrogen) atoms. The molecule has 2 fully saturated rings. The van der Waals surface area contributed by atoms with E-state index in [1.807, 2.05) is 0 Å². The van der Waals surface area contributed by atoms with Gasteiger partial charge in [-0.15, -0.1) is 0 Å². The van der Waals surface area contributed by atoms with Crippen LogP contribution in [0.25, 0.3) is 0 Å². The third-order valence-corrected chi connectivity index (χ3v) is 2.89. The summed E-state index contributed by atoms with van der Waals surface area (Å²) < 4.78 is 10.1. The van der Waals surface area contributed by atoms with Crippen LogP contribution in [0.5, 0.6) is 0 Å². The predicted molar refractivity (Wildman–Crippen MR) is 42.6 cm³/mol. The van der Waals surface area contributed by atoms with Crippen molar-refractivity contribution in [2.75, 3.05) is 7.11 Å². The first-order valence-electron chi connectivity index (χ1n) is 4.45. The number of fused-ring (bicyclic) bond motifs is 1. The van der Waals surface area contributed by atoms with Gasteiger partial charge in [0.05, 0.1) is 25.2 Å². The fourth-order valence-electron chi connectivity index (χ4n) is 2.17. The number of rotatable bonds is 1. The molecule has 3 nitrogen and oxygen atoms in total. The van der Waals surface area contributed by atoms with E-state index in [1.54, 1.807) is 0 Å². The summed E-state index contributed by atoms with van der Waals surface area (Å²) in [5.74, 6) is 0.525. The summed E-state index contributed by atoms with van der Waals surface area (Å²) in [5.41, 5.74) is 0. The number of ether oxygens (including phenoxy) is 2. The van der Waals surface area contributed by atoms with Gasteiger partial charge in [-0.2, -0.15) is 0 Å². The van der Waals surface area contributed by atoms with Crippen LogP contribution in [0, 0.1) is 11.8 Å². The monoisotopic (exact) mass is 170 g/mol. The highest BCUT2D eigenvalue weighted by Crippen LogP contribution is 2.43. The molecule has 0 N–H and O–H groups in total. The van der Waals surface area contributed by atoms with Gasteiger partial charge in [0.1, 0.15) is 0 Å². The Balaban J connectivity index is 1.96. The van der Waals surface area contributed by atoms with Crippen molar-refractivity contribution in [3.8, 4) is 0 Å². The Labute approximate surface area is 72.0 Å². The highest BCUT2D eigenvalue weighted by atomic mass is 16.6. The molecule has 4 unspecified atom stereocenters. The van der Waals surface area contributed by atoms with Gasteiger partial charge in [-0.25, -0.2) is 0 Å². The smallest absolute Gasteiger partial charge is 0.308 e. The number of epoxide rings is 1. The molecule has 1 saturated heterocycles. The third-order valence-electron chi connectivity index (χ3n) is 2.89. The van der Waals surface area contributed by atoms with Gasteiger partial charge >= 0.3 is 5.97 Å². The second-order valence-electron chi connectivity index (χ2n) is 3.81. The Kier molecular flexibility index (Phi) is 1.83.